The van der Waals surface area contributed by atoms with E-state index in [4.69, 9.17) is 0 Å². The van der Waals surface area contributed by atoms with Gasteiger partial charge < -0.3 is 5.32 Å². The van der Waals surface area contributed by atoms with E-state index in [0.29, 0.717) is 6.42 Å². The van der Waals surface area contributed by atoms with E-state index in [1.54, 1.807) is 0 Å². The highest BCUT2D eigenvalue weighted by molar-refractivity contribution is 6.06. The number of anilines is 1. The first-order valence-corrected chi connectivity index (χ1v) is 7.57. The molecule has 2 heteroatoms. The third kappa shape index (κ3) is 2.73. The van der Waals surface area contributed by atoms with Crippen LogP contribution < -0.4 is 5.32 Å². The molecule has 1 amide bonds. The molecule has 0 saturated heterocycles. The first-order valence-electron chi connectivity index (χ1n) is 7.57. The lowest BCUT2D eigenvalue weighted by Crippen LogP contribution is -2.10. The number of hydrogen-bond donors (Lipinski definition) is 1. The predicted octanol–water partition coefficient (Wildman–Crippen LogP) is 5.16. The van der Waals surface area contributed by atoms with Crippen LogP contribution in [-0.2, 0) is 4.79 Å². The lowest BCUT2D eigenvalue weighted by atomic mass is 9.95. The molecule has 0 aliphatic rings. The third-order valence-corrected chi connectivity index (χ3v) is 3.86. The Labute approximate surface area is 130 Å². The van der Waals surface area contributed by atoms with Crippen molar-refractivity contribution in [3.8, 4) is 11.1 Å². The lowest BCUT2D eigenvalue weighted by molar-refractivity contribution is -0.115. The zero-order valence-corrected chi connectivity index (χ0v) is 12.9. The molecular weight excluding hydrogens is 270 g/mol. The highest BCUT2D eigenvalue weighted by atomic mass is 16.1. The van der Waals surface area contributed by atoms with Gasteiger partial charge in [0.05, 0.1) is 0 Å². The Morgan fingerprint density at radius 3 is 2.41 bits per heavy atom. The van der Waals surface area contributed by atoms with Gasteiger partial charge >= 0.3 is 0 Å². The van der Waals surface area contributed by atoms with E-state index in [1.807, 2.05) is 25.1 Å². The summed E-state index contributed by atoms with van der Waals surface area (Å²) in [4.78, 5) is 11.8. The number of fused-ring (bicyclic) bond motifs is 1. The van der Waals surface area contributed by atoms with Crippen molar-refractivity contribution in [2.45, 2.75) is 20.3 Å². The van der Waals surface area contributed by atoms with E-state index in [-0.39, 0.29) is 5.91 Å². The number of hydrogen-bond acceptors (Lipinski definition) is 1. The van der Waals surface area contributed by atoms with Crippen LogP contribution in [0.1, 0.15) is 18.9 Å². The normalized spacial score (nSPS) is 10.6. The summed E-state index contributed by atoms with van der Waals surface area (Å²) in [6, 6.07) is 20.7. The van der Waals surface area contributed by atoms with E-state index in [0.717, 1.165) is 22.2 Å². The number of aryl methyl sites for hydroxylation is 1. The Morgan fingerprint density at radius 2 is 1.68 bits per heavy atom. The van der Waals surface area contributed by atoms with Crippen molar-refractivity contribution in [1.29, 1.82) is 0 Å². The van der Waals surface area contributed by atoms with Crippen LogP contribution >= 0.6 is 0 Å². The van der Waals surface area contributed by atoms with Gasteiger partial charge in [-0.1, -0.05) is 67.1 Å². The largest absolute Gasteiger partial charge is 0.326 e. The van der Waals surface area contributed by atoms with Crippen LogP contribution in [0.4, 0.5) is 5.69 Å². The van der Waals surface area contributed by atoms with Crippen molar-refractivity contribution >= 4 is 22.4 Å². The molecule has 3 aromatic rings. The van der Waals surface area contributed by atoms with Gasteiger partial charge in [-0.05, 0) is 29.3 Å². The number of carbonyl (C=O) groups is 1. The van der Waals surface area contributed by atoms with Crippen LogP contribution in [0.15, 0.2) is 60.7 Å². The molecule has 3 aromatic carbocycles. The molecule has 2 nitrogen and oxygen atoms in total. The van der Waals surface area contributed by atoms with E-state index in [1.165, 1.54) is 10.9 Å². The number of rotatable bonds is 3. The van der Waals surface area contributed by atoms with E-state index in [9.17, 15) is 4.79 Å². The van der Waals surface area contributed by atoms with Gasteiger partial charge in [0.15, 0.2) is 0 Å². The molecule has 0 aliphatic heterocycles. The van der Waals surface area contributed by atoms with Crippen molar-refractivity contribution in [2.24, 2.45) is 0 Å². The summed E-state index contributed by atoms with van der Waals surface area (Å²) in [6.45, 7) is 3.94. The van der Waals surface area contributed by atoms with Gasteiger partial charge in [-0.3, -0.25) is 4.79 Å². The first kappa shape index (κ1) is 14.3. The zero-order chi connectivity index (χ0) is 15.5. The second-order valence-corrected chi connectivity index (χ2v) is 5.48. The fraction of sp³-hybridized carbons (Fsp3) is 0.150. The lowest BCUT2D eigenvalue weighted by Gasteiger charge is -2.14. The van der Waals surface area contributed by atoms with Crippen molar-refractivity contribution in [3.05, 3.63) is 66.2 Å². The maximum absolute atomic E-state index is 11.8. The number of nitrogens with one attached hydrogen (secondary N) is 1. The van der Waals surface area contributed by atoms with E-state index in [2.05, 4.69) is 54.7 Å². The quantitative estimate of drug-likeness (QED) is 0.708. The van der Waals surface area contributed by atoms with Crippen LogP contribution in [-0.4, -0.2) is 5.91 Å². The maximum Gasteiger partial charge on any atom is 0.224 e. The van der Waals surface area contributed by atoms with Crippen molar-refractivity contribution in [1.82, 2.24) is 0 Å². The fourth-order valence-electron chi connectivity index (χ4n) is 2.65. The zero-order valence-electron chi connectivity index (χ0n) is 12.9. The molecule has 3 rings (SSSR count). The fourth-order valence-corrected chi connectivity index (χ4v) is 2.65. The number of amides is 1. The molecule has 0 heterocycles. The summed E-state index contributed by atoms with van der Waals surface area (Å²) in [5.41, 5.74) is 4.30. The molecule has 0 atom stereocenters. The molecule has 0 aromatic heterocycles. The summed E-state index contributed by atoms with van der Waals surface area (Å²) < 4.78 is 0. The maximum atomic E-state index is 11.8. The smallest absolute Gasteiger partial charge is 0.224 e. The van der Waals surface area contributed by atoms with E-state index < -0.39 is 0 Å². The standard InChI is InChI=1S/C20H19NO/c1-3-19(22)21-18-13-12-15-6-4-5-7-17(15)20(18)16-10-8-14(2)9-11-16/h4-13H,3H2,1-2H3,(H,21,22). The van der Waals surface area contributed by atoms with Gasteiger partial charge in [-0.15, -0.1) is 0 Å². The minimum absolute atomic E-state index is 0.0312. The highest BCUT2D eigenvalue weighted by Gasteiger charge is 2.11. The van der Waals surface area contributed by atoms with Gasteiger partial charge in [0.25, 0.3) is 0 Å². The van der Waals surface area contributed by atoms with Crippen molar-refractivity contribution in [2.75, 3.05) is 5.32 Å². The molecule has 0 radical (unpaired) electrons. The van der Waals surface area contributed by atoms with Crippen molar-refractivity contribution < 1.29 is 4.79 Å². The van der Waals surface area contributed by atoms with Gasteiger partial charge in [0.2, 0.25) is 5.91 Å². The average Bonchev–Trinajstić information content (AvgIpc) is 2.55. The SMILES string of the molecule is CCC(=O)Nc1ccc2ccccc2c1-c1ccc(C)cc1. The van der Waals surface area contributed by atoms with Gasteiger partial charge in [0, 0.05) is 17.7 Å². The number of carbonyl (C=O) groups excluding carboxylic acids is 1. The van der Waals surface area contributed by atoms with Gasteiger partial charge in [-0.2, -0.15) is 0 Å². The molecular formula is C20H19NO. The van der Waals surface area contributed by atoms with Gasteiger partial charge in [0.1, 0.15) is 0 Å². The highest BCUT2D eigenvalue weighted by Crippen LogP contribution is 2.35. The summed E-state index contributed by atoms with van der Waals surface area (Å²) >= 11 is 0. The summed E-state index contributed by atoms with van der Waals surface area (Å²) in [5, 5.41) is 5.35. The van der Waals surface area contributed by atoms with Crippen molar-refractivity contribution in [3.63, 3.8) is 0 Å². The Hall–Kier alpha value is -2.61. The van der Waals surface area contributed by atoms with Crippen LogP contribution in [0.2, 0.25) is 0 Å². The molecule has 0 aliphatic carbocycles. The summed E-state index contributed by atoms with van der Waals surface area (Å²) in [7, 11) is 0. The molecule has 1 N–H and O–H groups in total. The van der Waals surface area contributed by atoms with Gasteiger partial charge in [-0.25, -0.2) is 0 Å². The first-order chi connectivity index (χ1) is 10.7. The topological polar surface area (TPSA) is 29.1 Å². The minimum atomic E-state index is 0.0312. The molecule has 0 spiro atoms. The van der Waals surface area contributed by atoms with Crippen LogP contribution in [0.5, 0.6) is 0 Å². The van der Waals surface area contributed by atoms with Crippen LogP contribution in [0.25, 0.3) is 21.9 Å². The monoisotopic (exact) mass is 289 g/mol. The Balaban J connectivity index is 2.24. The Kier molecular flexibility index (Phi) is 3.92. The molecule has 110 valence electrons. The van der Waals surface area contributed by atoms with E-state index >= 15 is 0 Å². The number of benzene rings is 3. The molecule has 0 saturated carbocycles. The Morgan fingerprint density at radius 1 is 0.955 bits per heavy atom. The van der Waals surface area contributed by atoms with Crippen LogP contribution in [0.3, 0.4) is 0 Å². The third-order valence-electron chi connectivity index (χ3n) is 3.86. The molecule has 0 bridgehead atoms. The molecule has 22 heavy (non-hydrogen) atoms. The summed E-state index contributed by atoms with van der Waals surface area (Å²) in [6.07, 6.45) is 0.472. The molecule has 0 fully saturated rings. The van der Waals surface area contributed by atoms with Crippen LogP contribution in [0, 0.1) is 6.92 Å². The summed E-state index contributed by atoms with van der Waals surface area (Å²) in [5.74, 6) is 0.0312. The second kappa shape index (κ2) is 6.02. The molecule has 0 unspecified atom stereocenters. The second-order valence-electron chi connectivity index (χ2n) is 5.48. The predicted molar refractivity (Wildman–Crippen MR) is 93.0 cm³/mol. The minimum Gasteiger partial charge on any atom is -0.326 e. The average molecular weight is 289 g/mol. The Bertz CT molecular complexity index is 819.